The molecule has 2 nitrogen and oxygen atoms in total. The van der Waals surface area contributed by atoms with E-state index in [0.29, 0.717) is 0 Å². The summed E-state index contributed by atoms with van der Waals surface area (Å²) in [5.41, 5.74) is 0. The molecule has 0 aliphatic carbocycles. The number of ether oxygens (including phenoxy) is 1. The zero-order chi connectivity index (χ0) is 9.52. The van der Waals surface area contributed by atoms with Gasteiger partial charge in [0.15, 0.2) is 0 Å². The number of hydrogen-bond acceptors (Lipinski definition) is 4. The Balaban J connectivity index is 2.36. The van der Waals surface area contributed by atoms with Gasteiger partial charge in [0.2, 0.25) is 0 Å². The topological polar surface area (TPSA) is 26.3 Å². The quantitative estimate of drug-likeness (QED) is 0.501. The van der Waals surface area contributed by atoms with Crippen molar-refractivity contribution >= 4 is 27.6 Å². The van der Waals surface area contributed by atoms with Gasteiger partial charge in [-0.2, -0.15) is 0 Å². The molecule has 76 valence electrons. The molecule has 0 bridgehead atoms. The number of esters is 1. The third kappa shape index (κ3) is 4.27. The molecule has 1 unspecified atom stereocenters. The second-order valence-corrected chi connectivity index (χ2v) is 5.82. The van der Waals surface area contributed by atoms with E-state index in [1.54, 1.807) is 10.8 Å². The van der Waals surface area contributed by atoms with Crippen molar-refractivity contribution in [3.8, 4) is 0 Å². The van der Waals surface area contributed by atoms with E-state index < -0.39 is 0 Å². The summed E-state index contributed by atoms with van der Waals surface area (Å²) in [5, 5.41) is 0.0631. The molecule has 1 aliphatic rings. The predicted molar refractivity (Wildman–Crippen MR) is 58.9 cm³/mol. The lowest BCUT2D eigenvalue weighted by molar-refractivity contribution is -0.140. The largest absolute Gasteiger partial charge is 0.468 e. The highest BCUT2D eigenvalue weighted by Crippen LogP contribution is 2.33. The van der Waals surface area contributed by atoms with Crippen LogP contribution in [0.1, 0.15) is 32.1 Å². The van der Waals surface area contributed by atoms with Crippen LogP contribution in [0.4, 0.5) is 0 Å². The summed E-state index contributed by atoms with van der Waals surface area (Å²) >= 11 is 0. The standard InChI is InChI=1S/C9H16O2S2/c1-11-9(10)8-6-4-2-3-5-7-12-13-8/h8H,2-7H2,1H3. The highest BCUT2D eigenvalue weighted by atomic mass is 33.1. The molecule has 4 heteroatoms. The molecule has 0 aromatic heterocycles. The first-order valence-electron chi connectivity index (χ1n) is 4.70. The third-order valence-electron chi connectivity index (χ3n) is 2.09. The molecule has 0 aromatic carbocycles. The molecule has 0 radical (unpaired) electrons. The summed E-state index contributed by atoms with van der Waals surface area (Å²) in [6.07, 6.45) is 5.99. The SMILES string of the molecule is COC(=O)C1CCCCCCSS1. The van der Waals surface area contributed by atoms with Crippen LogP contribution in [0.3, 0.4) is 0 Å². The van der Waals surface area contributed by atoms with Crippen molar-refractivity contribution in [3.63, 3.8) is 0 Å². The lowest BCUT2D eigenvalue weighted by Gasteiger charge is -2.11. The van der Waals surface area contributed by atoms with Crippen molar-refractivity contribution in [2.75, 3.05) is 12.9 Å². The van der Waals surface area contributed by atoms with Crippen LogP contribution in [-0.2, 0) is 9.53 Å². The molecule has 0 amide bonds. The van der Waals surface area contributed by atoms with Gasteiger partial charge < -0.3 is 4.74 Å². The molecule has 0 N–H and O–H groups in total. The number of methoxy groups -OCH3 is 1. The van der Waals surface area contributed by atoms with E-state index in [1.807, 2.05) is 10.8 Å². The minimum atomic E-state index is -0.0561. The number of rotatable bonds is 1. The van der Waals surface area contributed by atoms with Crippen LogP contribution in [0.2, 0.25) is 0 Å². The Hall–Kier alpha value is 0.170. The average Bonchev–Trinajstić information content (AvgIpc) is 2.29. The van der Waals surface area contributed by atoms with Gasteiger partial charge in [0, 0.05) is 5.75 Å². The van der Waals surface area contributed by atoms with Crippen molar-refractivity contribution in [1.82, 2.24) is 0 Å². The summed E-state index contributed by atoms with van der Waals surface area (Å²) in [4.78, 5) is 11.3. The van der Waals surface area contributed by atoms with Crippen LogP contribution in [0.25, 0.3) is 0 Å². The Labute approximate surface area is 87.6 Å². The Morgan fingerprint density at radius 1 is 1.31 bits per heavy atom. The van der Waals surface area contributed by atoms with Crippen LogP contribution in [-0.4, -0.2) is 24.1 Å². The van der Waals surface area contributed by atoms with E-state index in [-0.39, 0.29) is 11.2 Å². The maximum absolute atomic E-state index is 11.3. The maximum atomic E-state index is 11.3. The van der Waals surface area contributed by atoms with Gasteiger partial charge in [-0.3, -0.25) is 4.79 Å². The van der Waals surface area contributed by atoms with Crippen LogP contribution >= 0.6 is 21.6 Å². The molecular weight excluding hydrogens is 204 g/mol. The molecule has 1 aliphatic heterocycles. The fourth-order valence-corrected chi connectivity index (χ4v) is 3.99. The van der Waals surface area contributed by atoms with Crippen molar-refractivity contribution in [1.29, 1.82) is 0 Å². The first-order valence-corrected chi connectivity index (χ1v) is 7.09. The summed E-state index contributed by atoms with van der Waals surface area (Å²) in [6, 6.07) is 0. The van der Waals surface area contributed by atoms with Gasteiger partial charge in [0.1, 0.15) is 5.25 Å². The molecule has 1 fully saturated rings. The van der Waals surface area contributed by atoms with Crippen molar-refractivity contribution in [2.45, 2.75) is 37.4 Å². The number of carbonyl (C=O) groups is 1. The average molecular weight is 220 g/mol. The van der Waals surface area contributed by atoms with Crippen molar-refractivity contribution < 1.29 is 9.53 Å². The fraction of sp³-hybridized carbons (Fsp3) is 0.889. The highest BCUT2D eigenvalue weighted by molar-refractivity contribution is 8.77. The summed E-state index contributed by atoms with van der Waals surface area (Å²) in [5.74, 6) is 1.11. The molecule has 0 aromatic rings. The molecule has 1 saturated heterocycles. The van der Waals surface area contributed by atoms with E-state index in [2.05, 4.69) is 0 Å². The third-order valence-corrected chi connectivity index (χ3v) is 4.95. The minimum Gasteiger partial charge on any atom is -0.468 e. The van der Waals surface area contributed by atoms with Crippen LogP contribution in [0, 0.1) is 0 Å². The molecule has 1 atom stereocenters. The molecule has 13 heavy (non-hydrogen) atoms. The van der Waals surface area contributed by atoms with E-state index in [4.69, 9.17) is 4.74 Å². The first kappa shape index (κ1) is 11.2. The molecule has 1 heterocycles. The lowest BCUT2D eigenvalue weighted by Crippen LogP contribution is -2.17. The number of hydrogen-bond donors (Lipinski definition) is 0. The van der Waals surface area contributed by atoms with E-state index >= 15 is 0 Å². The zero-order valence-corrected chi connectivity index (χ0v) is 9.59. The zero-order valence-electron chi connectivity index (χ0n) is 7.95. The van der Waals surface area contributed by atoms with Gasteiger partial charge in [-0.1, -0.05) is 40.9 Å². The Morgan fingerprint density at radius 2 is 2.08 bits per heavy atom. The Morgan fingerprint density at radius 3 is 2.85 bits per heavy atom. The normalized spacial score (nSPS) is 25.5. The molecule has 1 rings (SSSR count). The minimum absolute atomic E-state index is 0.0561. The highest BCUT2D eigenvalue weighted by Gasteiger charge is 2.20. The Kier molecular flexibility index (Phi) is 5.71. The van der Waals surface area contributed by atoms with Gasteiger partial charge in [-0.25, -0.2) is 0 Å². The van der Waals surface area contributed by atoms with E-state index in [9.17, 15) is 4.79 Å². The van der Waals surface area contributed by atoms with Crippen LogP contribution in [0.15, 0.2) is 0 Å². The Bertz CT molecular complexity index is 152. The monoisotopic (exact) mass is 220 g/mol. The summed E-state index contributed by atoms with van der Waals surface area (Å²) in [7, 11) is 4.97. The summed E-state index contributed by atoms with van der Waals surface area (Å²) in [6.45, 7) is 0. The lowest BCUT2D eigenvalue weighted by atomic mass is 10.1. The second-order valence-electron chi connectivity index (χ2n) is 3.13. The van der Waals surface area contributed by atoms with Crippen molar-refractivity contribution in [3.05, 3.63) is 0 Å². The van der Waals surface area contributed by atoms with Crippen molar-refractivity contribution in [2.24, 2.45) is 0 Å². The molecular formula is C9H16O2S2. The maximum Gasteiger partial charge on any atom is 0.319 e. The molecule has 0 spiro atoms. The van der Waals surface area contributed by atoms with Gasteiger partial charge >= 0.3 is 5.97 Å². The first-order chi connectivity index (χ1) is 6.34. The fourth-order valence-electron chi connectivity index (χ4n) is 1.31. The molecule has 0 saturated carbocycles. The van der Waals surface area contributed by atoms with Gasteiger partial charge in [-0.15, -0.1) is 0 Å². The van der Waals surface area contributed by atoms with E-state index in [0.717, 1.165) is 18.6 Å². The van der Waals surface area contributed by atoms with E-state index in [1.165, 1.54) is 26.4 Å². The number of carbonyl (C=O) groups excluding carboxylic acids is 1. The van der Waals surface area contributed by atoms with Gasteiger partial charge in [0.25, 0.3) is 0 Å². The van der Waals surface area contributed by atoms with Gasteiger partial charge in [-0.05, 0) is 12.8 Å². The van der Waals surface area contributed by atoms with Gasteiger partial charge in [0.05, 0.1) is 7.11 Å². The second kappa shape index (κ2) is 6.60. The predicted octanol–water partition coefficient (Wildman–Crippen LogP) is 2.87. The van der Waals surface area contributed by atoms with Crippen LogP contribution < -0.4 is 0 Å². The van der Waals surface area contributed by atoms with Crippen LogP contribution in [0.5, 0.6) is 0 Å². The summed E-state index contributed by atoms with van der Waals surface area (Å²) < 4.78 is 4.75. The smallest absolute Gasteiger partial charge is 0.319 e.